The van der Waals surface area contributed by atoms with Gasteiger partial charge in [0.2, 0.25) is 0 Å². The second-order valence-corrected chi connectivity index (χ2v) is 6.51. The van der Waals surface area contributed by atoms with Crippen LogP contribution in [-0.2, 0) is 21.7 Å². The van der Waals surface area contributed by atoms with Gasteiger partial charge >= 0.3 is 0 Å². The molecule has 0 fully saturated rings. The highest BCUT2D eigenvalue weighted by Crippen LogP contribution is 2.33. The molecule has 28 heavy (non-hydrogen) atoms. The van der Waals surface area contributed by atoms with E-state index in [0.29, 0.717) is 30.8 Å². The van der Waals surface area contributed by atoms with Crippen molar-refractivity contribution in [2.75, 3.05) is 13.2 Å². The van der Waals surface area contributed by atoms with Gasteiger partial charge in [0.05, 0.1) is 0 Å². The van der Waals surface area contributed by atoms with E-state index < -0.39 is 5.79 Å². The van der Waals surface area contributed by atoms with Crippen molar-refractivity contribution in [1.82, 2.24) is 0 Å². The van der Waals surface area contributed by atoms with E-state index in [2.05, 4.69) is 0 Å². The minimum atomic E-state index is -0.933. The van der Waals surface area contributed by atoms with Crippen molar-refractivity contribution in [1.29, 1.82) is 0 Å². The fourth-order valence-corrected chi connectivity index (χ4v) is 3.46. The molecule has 0 aliphatic heterocycles. The molecule has 0 atom stereocenters. The van der Waals surface area contributed by atoms with Gasteiger partial charge in [0.1, 0.15) is 0 Å². The Morgan fingerprint density at radius 3 is 1.89 bits per heavy atom. The number of carbonyl (C=O) groups excluding carboxylic acids is 1. The molecule has 3 rings (SSSR count). The van der Waals surface area contributed by atoms with Gasteiger partial charge in [-0.15, -0.1) is 0 Å². The SMILES string of the molecule is CCOC(Cc1ccccc1C(=O)c1ccccc1)(OCC)c1ccccc1. The molecule has 3 heteroatoms. The molecule has 0 N–H and O–H groups in total. The molecule has 3 aromatic carbocycles. The Bertz CT molecular complexity index is 882. The average Bonchev–Trinajstić information content (AvgIpc) is 2.75. The van der Waals surface area contributed by atoms with E-state index in [-0.39, 0.29) is 5.78 Å². The Hall–Kier alpha value is -2.75. The minimum absolute atomic E-state index is 0.00570. The standard InChI is InChI=1S/C25H26O3/c1-3-27-25(28-4-2,22-16-9-6-10-17-22)19-21-15-11-12-18-23(21)24(26)20-13-7-5-8-14-20/h5-18H,3-4,19H2,1-2H3. The van der Waals surface area contributed by atoms with Gasteiger partial charge in [-0.2, -0.15) is 0 Å². The van der Waals surface area contributed by atoms with Crippen LogP contribution in [-0.4, -0.2) is 19.0 Å². The van der Waals surface area contributed by atoms with Gasteiger partial charge in [0, 0.05) is 36.3 Å². The summed E-state index contributed by atoms with van der Waals surface area (Å²) in [4.78, 5) is 13.1. The maximum Gasteiger partial charge on any atom is 0.198 e. The van der Waals surface area contributed by atoms with Crippen LogP contribution in [0.5, 0.6) is 0 Å². The van der Waals surface area contributed by atoms with Gasteiger partial charge in [0.25, 0.3) is 0 Å². The van der Waals surface area contributed by atoms with E-state index in [1.54, 1.807) is 0 Å². The number of rotatable bonds is 9. The number of ether oxygens (including phenoxy) is 2. The van der Waals surface area contributed by atoms with Crippen molar-refractivity contribution in [2.45, 2.75) is 26.1 Å². The van der Waals surface area contributed by atoms with Crippen molar-refractivity contribution in [3.63, 3.8) is 0 Å². The molecular weight excluding hydrogens is 348 g/mol. The summed E-state index contributed by atoms with van der Waals surface area (Å²) in [5.74, 6) is -0.927. The molecular formula is C25H26O3. The summed E-state index contributed by atoms with van der Waals surface area (Å²) in [5.41, 5.74) is 3.20. The van der Waals surface area contributed by atoms with Gasteiger partial charge in [0.15, 0.2) is 11.6 Å². The van der Waals surface area contributed by atoms with E-state index in [9.17, 15) is 4.79 Å². The van der Waals surface area contributed by atoms with Crippen LogP contribution in [0.4, 0.5) is 0 Å². The van der Waals surface area contributed by atoms with Gasteiger partial charge in [-0.25, -0.2) is 0 Å². The quantitative estimate of drug-likeness (QED) is 0.372. The highest BCUT2D eigenvalue weighted by atomic mass is 16.7. The summed E-state index contributed by atoms with van der Waals surface area (Å²) in [6, 6.07) is 27.0. The summed E-state index contributed by atoms with van der Waals surface area (Å²) >= 11 is 0. The van der Waals surface area contributed by atoms with Gasteiger partial charge in [-0.05, 0) is 19.4 Å². The molecule has 3 aromatic rings. The Balaban J connectivity index is 2.03. The predicted octanol–water partition coefficient (Wildman–Crippen LogP) is 5.39. The normalized spacial score (nSPS) is 11.4. The molecule has 0 saturated heterocycles. The van der Waals surface area contributed by atoms with E-state index in [1.165, 1.54) is 0 Å². The van der Waals surface area contributed by atoms with Gasteiger partial charge in [-0.3, -0.25) is 4.79 Å². The lowest BCUT2D eigenvalue weighted by molar-refractivity contribution is -0.242. The molecule has 0 heterocycles. The molecule has 3 nitrogen and oxygen atoms in total. The number of hydrogen-bond acceptors (Lipinski definition) is 3. The lowest BCUT2D eigenvalue weighted by atomic mass is 9.91. The maximum atomic E-state index is 13.1. The van der Waals surface area contributed by atoms with Crippen molar-refractivity contribution in [3.8, 4) is 0 Å². The highest BCUT2D eigenvalue weighted by molar-refractivity contribution is 6.09. The fourth-order valence-electron chi connectivity index (χ4n) is 3.46. The first-order valence-corrected chi connectivity index (χ1v) is 9.71. The molecule has 0 amide bonds. The molecule has 144 valence electrons. The van der Waals surface area contributed by atoms with Crippen molar-refractivity contribution < 1.29 is 14.3 Å². The third-order valence-corrected chi connectivity index (χ3v) is 4.69. The molecule has 0 bridgehead atoms. The molecule has 0 saturated carbocycles. The summed E-state index contributed by atoms with van der Waals surface area (Å²) in [6.07, 6.45) is 0.452. The molecule has 0 spiro atoms. The van der Waals surface area contributed by atoms with Crippen LogP contribution in [0.2, 0.25) is 0 Å². The number of carbonyl (C=O) groups is 1. The van der Waals surface area contributed by atoms with Crippen LogP contribution in [0.25, 0.3) is 0 Å². The van der Waals surface area contributed by atoms with Crippen molar-refractivity contribution in [3.05, 3.63) is 107 Å². The Kier molecular flexibility index (Phi) is 6.75. The van der Waals surface area contributed by atoms with Crippen LogP contribution < -0.4 is 0 Å². The average molecular weight is 374 g/mol. The Morgan fingerprint density at radius 1 is 0.750 bits per heavy atom. The molecule has 0 aliphatic carbocycles. The molecule has 0 aliphatic rings. The second-order valence-electron chi connectivity index (χ2n) is 6.51. The van der Waals surface area contributed by atoms with Crippen LogP contribution >= 0.6 is 0 Å². The minimum Gasteiger partial charge on any atom is -0.346 e. The van der Waals surface area contributed by atoms with Crippen LogP contribution in [0.3, 0.4) is 0 Å². The lowest BCUT2D eigenvalue weighted by Crippen LogP contribution is -2.36. The smallest absolute Gasteiger partial charge is 0.198 e. The molecule has 0 radical (unpaired) electrons. The van der Waals surface area contributed by atoms with Crippen LogP contribution in [0.1, 0.15) is 40.9 Å². The first-order chi connectivity index (χ1) is 13.7. The zero-order valence-electron chi connectivity index (χ0n) is 16.4. The third kappa shape index (κ3) is 4.38. The Labute approximate surface area is 166 Å². The summed E-state index contributed by atoms with van der Waals surface area (Å²) < 4.78 is 12.3. The van der Waals surface area contributed by atoms with E-state index in [0.717, 1.165) is 11.1 Å². The van der Waals surface area contributed by atoms with Crippen LogP contribution in [0.15, 0.2) is 84.9 Å². The fraction of sp³-hybridized carbons (Fsp3) is 0.240. The van der Waals surface area contributed by atoms with Gasteiger partial charge in [-0.1, -0.05) is 84.9 Å². The zero-order valence-corrected chi connectivity index (χ0v) is 16.4. The predicted molar refractivity (Wildman–Crippen MR) is 111 cm³/mol. The summed E-state index contributed by atoms with van der Waals surface area (Å²) in [6.45, 7) is 4.92. The first-order valence-electron chi connectivity index (χ1n) is 9.71. The molecule has 0 aromatic heterocycles. The van der Waals surface area contributed by atoms with Gasteiger partial charge < -0.3 is 9.47 Å². The zero-order chi connectivity index (χ0) is 19.8. The van der Waals surface area contributed by atoms with Crippen LogP contribution in [0, 0.1) is 0 Å². The molecule has 0 unspecified atom stereocenters. The summed E-state index contributed by atoms with van der Waals surface area (Å²) in [5, 5.41) is 0. The topological polar surface area (TPSA) is 35.5 Å². The first kappa shape index (κ1) is 20.0. The second kappa shape index (κ2) is 9.45. The van der Waals surface area contributed by atoms with E-state index >= 15 is 0 Å². The lowest BCUT2D eigenvalue weighted by Gasteiger charge is -2.34. The third-order valence-electron chi connectivity index (χ3n) is 4.69. The number of hydrogen-bond donors (Lipinski definition) is 0. The number of benzene rings is 3. The van der Waals surface area contributed by atoms with E-state index in [4.69, 9.17) is 9.47 Å². The van der Waals surface area contributed by atoms with Crippen molar-refractivity contribution in [2.24, 2.45) is 0 Å². The maximum absolute atomic E-state index is 13.1. The van der Waals surface area contributed by atoms with E-state index in [1.807, 2.05) is 98.8 Å². The number of ketones is 1. The summed E-state index contributed by atoms with van der Waals surface area (Å²) in [7, 11) is 0. The largest absolute Gasteiger partial charge is 0.346 e. The monoisotopic (exact) mass is 374 g/mol. The Morgan fingerprint density at radius 2 is 1.29 bits per heavy atom. The van der Waals surface area contributed by atoms with Crippen molar-refractivity contribution >= 4 is 5.78 Å². The highest BCUT2D eigenvalue weighted by Gasteiger charge is 2.35.